The molecule has 5 nitrogen and oxygen atoms in total. The van der Waals surface area contributed by atoms with Gasteiger partial charge in [0.2, 0.25) is 5.91 Å². The molecule has 2 rings (SSSR count). The molecule has 1 aromatic carbocycles. The number of amides is 1. The van der Waals surface area contributed by atoms with Crippen molar-refractivity contribution in [3.8, 4) is 0 Å². The maximum atomic E-state index is 12.7. The fourth-order valence-electron chi connectivity index (χ4n) is 1.89. The largest absolute Gasteiger partial charge is 0.467 e. The van der Waals surface area contributed by atoms with E-state index in [9.17, 15) is 19.1 Å². The maximum absolute atomic E-state index is 12.7. The second-order valence-electron chi connectivity index (χ2n) is 4.77. The summed E-state index contributed by atoms with van der Waals surface area (Å²) in [5.74, 6) is -0.633. The van der Waals surface area contributed by atoms with Crippen LogP contribution in [0.3, 0.4) is 0 Å². The van der Waals surface area contributed by atoms with E-state index in [0.29, 0.717) is 11.3 Å². The highest BCUT2D eigenvalue weighted by atomic mass is 19.1. The Labute approximate surface area is 126 Å². The number of ketones is 1. The normalized spacial score (nSPS) is 11.9. The lowest BCUT2D eigenvalue weighted by Crippen LogP contribution is -2.28. The standard InChI is InChI=1S/C16H16FNO4/c17-12-5-3-11(4-6-12)13(19)7-8-16(21)18-10-14(20)15-2-1-9-22-15/h1-6,9,14,20H,7-8,10H2,(H,18,21). The van der Waals surface area contributed by atoms with Crippen molar-refractivity contribution < 1.29 is 23.5 Å². The molecule has 0 saturated heterocycles. The smallest absolute Gasteiger partial charge is 0.220 e. The highest BCUT2D eigenvalue weighted by Gasteiger charge is 2.13. The van der Waals surface area contributed by atoms with Gasteiger partial charge in [-0.25, -0.2) is 4.39 Å². The average Bonchev–Trinajstić information content (AvgIpc) is 3.05. The van der Waals surface area contributed by atoms with Crippen molar-refractivity contribution in [2.24, 2.45) is 0 Å². The Morgan fingerprint density at radius 2 is 1.91 bits per heavy atom. The summed E-state index contributed by atoms with van der Waals surface area (Å²) >= 11 is 0. The number of carbonyl (C=O) groups is 2. The number of Topliss-reactive ketones (excluding diaryl/α,β-unsaturated/α-hetero) is 1. The Morgan fingerprint density at radius 3 is 2.55 bits per heavy atom. The number of furan rings is 1. The van der Waals surface area contributed by atoms with Gasteiger partial charge in [0.15, 0.2) is 5.78 Å². The summed E-state index contributed by atoms with van der Waals surface area (Å²) in [4.78, 5) is 23.5. The quantitative estimate of drug-likeness (QED) is 0.769. The van der Waals surface area contributed by atoms with E-state index in [2.05, 4.69) is 5.32 Å². The van der Waals surface area contributed by atoms with Gasteiger partial charge in [0, 0.05) is 18.4 Å². The first-order chi connectivity index (χ1) is 10.6. The molecule has 0 spiro atoms. The maximum Gasteiger partial charge on any atom is 0.220 e. The predicted molar refractivity (Wildman–Crippen MR) is 76.6 cm³/mol. The molecule has 22 heavy (non-hydrogen) atoms. The summed E-state index contributed by atoms with van der Waals surface area (Å²) in [5.41, 5.74) is 0.366. The van der Waals surface area contributed by atoms with Crippen LogP contribution in [0, 0.1) is 5.82 Å². The Morgan fingerprint density at radius 1 is 1.18 bits per heavy atom. The van der Waals surface area contributed by atoms with E-state index in [-0.39, 0.29) is 31.1 Å². The lowest BCUT2D eigenvalue weighted by Gasteiger charge is -2.09. The average molecular weight is 305 g/mol. The molecular weight excluding hydrogens is 289 g/mol. The fourth-order valence-corrected chi connectivity index (χ4v) is 1.89. The number of halogens is 1. The molecule has 0 fully saturated rings. The molecule has 0 bridgehead atoms. The number of hydrogen-bond acceptors (Lipinski definition) is 4. The predicted octanol–water partition coefficient (Wildman–Crippen LogP) is 2.23. The first-order valence-corrected chi connectivity index (χ1v) is 6.83. The molecule has 0 aliphatic carbocycles. The van der Waals surface area contributed by atoms with Crippen molar-refractivity contribution in [2.75, 3.05) is 6.54 Å². The number of carbonyl (C=O) groups excluding carboxylic acids is 2. The van der Waals surface area contributed by atoms with E-state index < -0.39 is 11.9 Å². The first kappa shape index (κ1) is 15.9. The van der Waals surface area contributed by atoms with Crippen LogP contribution in [0.5, 0.6) is 0 Å². The van der Waals surface area contributed by atoms with Gasteiger partial charge in [0.05, 0.1) is 12.8 Å². The summed E-state index contributed by atoms with van der Waals surface area (Å²) in [6.07, 6.45) is 0.531. The summed E-state index contributed by atoms with van der Waals surface area (Å²) in [6, 6.07) is 8.42. The summed E-state index contributed by atoms with van der Waals surface area (Å²) in [5, 5.41) is 12.3. The van der Waals surface area contributed by atoms with Gasteiger partial charge in [-0.1, -0.05) is 0 Å². The zero-order valence-electron chi connectivity index (χ0n) is 11.8. The number of rotatable bonds is 7. The van der Waals surface area contributed by atoms with Gasteiger partial charge in [-0.05, 0) is 36.4 Å². The van der Waals surface area contributed by atoms with E-state index in [0.717, 1.165) is 0 Å². The highest BCUT2D eigenvalue weighted by molar-refractivity contribution is 5.97. The molecule has 1 aromatic heterocycles. The number of nitrogens with one attached hydrogen (secondary N) is 1. The van der Waals surface area contributed by atoms with Gasteiger partial charge in [-0.2, -0.15) is 0 Å². The molecule has 1 heterocycles. The van der Waals surface area contributed by atoms with Crippen molar-refractivity contribution >= 4 is 11.7 Å². The number of hydrogen-bond donors (Lipinski definition) is 2. The minimum atomic E-state index is -0.924. The zero-order valence-corrected chi connectivity index (χ0v) is 11.8. The minimum Gasteiger partial charge on any atom is -0.467 e. The van der Waals surface area contributed by atoms with Gasteiger partial charge < -0.3 is 14.8 Å². The van der Waals surface area contributed by atoms with Crippen LogP contribution in [0.1, 0.15) is 35.1 Å². The van der Waals surface area contributed by atoms with Crippen molar-refractivity contribution in [1.29, 1.82) is 0 Å². The summed E-state index contributed by atoms with van der Waals surface area (Å²) in [7, 11) is 0. The molecule has 2 aromatic rings. The SMILES string of the molecule is O=C(CCC(=O)c1ccc(F)cc1)NCC(O)c1ccco1. The molecule has 1 unspecified atom stereocenters. The van der Waals surface area contributed by atoms with Crippen LogP contribution in [-0.2, 0) is 4.79 Å². The van der Waals surface area contributed by atoms with E-state index in [1.165, 1.54) is 30.5 Å². The molecule has 2 N–H and O–H groups in total. The van der Waals surface area contributed by atoms with Crippen LogP contribution in [0.25, 0.3) is 0 Å². The highest BCUT2D eigenvalue weighted by Crippen LogP contribution is 2.12. The molecule has 1 atom stereocenters. The van der Waals surface area contributed by atoms with Gasteiger partial charge in [0.1, 0.15) is 17.7 Å². The van der Waals surface area contributed by atoms with Crippen molar-refractivity contribution in [3.05, 3.63) is 59.8 Å². The van der Waals surface area contributed by atoms with Gasteiger partial charge in [0.25, 0.3) is 0 Å². The van der Waals surface area contributed by atoms with E-state index in [4.69, 9.17) is 4.42 Å². The van der Waals surface area contributed by atoms with E-state index in [1.54, 1.807) is 12.1 Å². The second kappa shape index (κ2) is 7.51. The number of benzene rings is 1. The molecule has 0 aliphatic heterocycles. The lowest BCUT2D eigenvalue weighted by atomic mass is 10.1. The number of aliphatic hydroxyl groups is 1. The molecular formula is C16H16FNO4. The third-order valence-corrected chi connectivity index (χ3v) is 3.11. The van der Waals surface area contributed by atoms with Gasteiger partial charge >= 0.3 is 0 Å². The van der Waals surface area contributed by atoms with Crippen LogP contribution in [0.2, 0.25) is 0 Å². The lowest BCUT2D eigenvalue weighted by molar-refractivity contribution is -0.121. The Bertz CT molecular complexity index is 622. The molecule has 0 radical (unpaired) electrons. The van der Waals surface area contributed by atoms with Crippen LogP contribution < -0.4 is 5.32 Å². The summed E-state index contributed by atoms with van der Waals surface area (Å²) in [6.45, 7) is 0.0110. The topological polar surface area (TPSA) is 79.5 Å². The van der Waals surface area contributed by atoms with Gasteiger partial charge in [-0.15, -0.1) is 0 Å². The fraction of sp³-hybridized carbons (Fsp3) is 0.250. The van der Waals surface area contributed by atoms with Crippen LogP contribution >= 0.6 is 0 Å². The van der Waals surface area contributed by atoms with Gasteiger partial charge in [-0.3, -0.25) is 9.59 Å². The molecule has 116 valence electrons. The molecule has 1 amide bonds. The van der Waals surface area contributed by atoms with Crippen LogP contribution in [0.15, 0.2) is 47.1 Å². The van der Waals surface area contributed by atoms with E-state index in [1.807, 2.05) is 0 Å². The van der Waals surface area contributed by atoms with Crippen LogP contribution in [0.4, 0.5) is 4.39 Å². The molecule has 0 aliphatic rings. The Balaban J connectivity index is 1.73. The first-order valence-electron chi connectivity index (χ1n) is 6.83. The second-order valence-corrected chi connectivity index (χ2v) is 4.77. The monoisotopic (exact) mass is 305 g/mol. The van der Waals surface area contributed by atoms with Crippen LogP contribution in [-0.4, -0.2) is 23.3 Å². The minimum absolute atomic E-state index is 0.00108. The third kappa shape index (κ3) is 4.53. The molecule has 0 saturated carbocycles. The third-order valence-electron chi connectivity index (χ3n) is 3.11. The Hall–Kier alpha value is -2.47. The van der Waals surface area contributed by atoms with Crippen molar-refractivity contribution in [2.45, 2.75) is 18.9 Å². The Kier molecular flexibility index (Phi) is 5.43. The van der Waals surface area contributed by atoms with Crippen molar-refractivity contribution in [1.82, 2.24) is 5.32 Å². The zero-order chi connectivity index (χ0) is 15.9. The van der Waals surface area contributed by atoms with Crippen molar-refractivity contribution in [3.63, 3.8) is 0 Å². The van der Waals surface area contributed by atoms with E-state index >= 15 is 0 Å². The molecule has 6 heteroatoms. The number of aliphatic hydroxyl groups excluding tert-OH is 1. The summed E-state index contributed by atoms with van der Waals surface area (Å²) < 4.78 is 17.8.